The van der Waals surface area contributed by atoms with E-state index < -0.39 is 12.1 Å². The molecule has 0 radical (unpaired) electrons. The highest BCUT2D eigenvalue weighted by molar-refractivity contribution is 5.97. The fraction of sp³-hybridized carbons (Fsp3) is 0.625. The molecule has 0 unspecified atom stereocenters. The third kappa shape index (κ3) is 4.04. The quantitative estimate of drug-likeness (QED) is 0.545. The number of hydrogen-bond donors (Lipinski definition) is 1. The Labute approximate surface area is 119 Å². The molecule has 0 aromatic carbocycles. The van der Waals surface area contributed by atoms with Crippen molar-refractivity contribution in [1.82, 2.24) is 0 Å². The first-order valence-electron chi connectivity index (χ1n) is 7.33. The third-order valence-electron chi connectivity index (χ3n) is 4.02. The molecule has 0 bridgehead atoms. The number of carbonyl (C=O) groups excluding carboxylic acids is 2. The number of allylic oxidation sites excluding steroid dienone is 3. The highest BCUT2D eigenvalue weighted by Gasteiger charge is 2.35. The van der Waals surface area contributed by atoms with Crippen molar-refractivity contribution >= 4 is 11.8 Å². The maximum atomic E-state index is 12.1. The Morgan fingerprint density at radius 3 is 2.85 bits per heavy atom. The molecule has 1 fully saturated rings. The van der Waals surface area contributed by atoms with Crippen molar-refractivity contribution in [2.45, 2.75) is 51.2 Å². The van der Waals surface area contributed by atoms with Crippen LogP contribution in [0.1, 0.15) is 39.0 Å². The number of rotatable bonds is 0. The van der Waals surface area contributed by atoms with Crippen LogP contribution in [0.15, 0.2) is 24.3 Å². The zero-order chi connectivity index (χ0) is 14.5. The molecule has 1 aliphatic heterocycles. The number of esters is 1. The molecule has 1 N–H and O–H groups in total. The van der Waals surface area contributed by atoms with Gasteiger partial charge in [-0.1, -0.05) is 12.2 Å². The van der Waals surface area contributed by atoms with E-state index in [1.54, 1.807) is 0 Å². The maximum absolute atomic E-state index is 12.1. The molecule has 0 amide bonds. The number of ether oxygens (including phenoxy) is 1. The highest BCUT2D eigenvalue weighted by atomic mass is 16.5. The molecule has 2 aliphatic rings. The summed E-state index contributed by atoms with van der Waals surface area (Å²) in [5, 5.41) is 9.74. The molecule has 1 saturated carbocycles. The van der Waals surface area contributed by atoms with Crippen LogP contribution in [-0.4, -0.2) is 29.1 Å². The molecule has 20 heavy (non-hydrogen) atoms. The second kappa shape index (κ2) is 6.84. The number of aliphatic hydroxyl groups excluding tert-OH is 1. The topological polar surface area (TPSA) is 63.6 Å². The molecule has 0 spiro atoms. The first kappa shape index (κ1) is 15.0. The van der Waals surface area contributed by atoms with Gasteiger partial charge in [0.15, 0.2) is 5.78 Å². The standard InChI is InChI=1S/C16H22O4/c1-11-5-3-2-4-6-12-9-13(17)10-14(12)15(18)7-8-16(19)20-11/h4,6-8,11-14,17H,2-3,5,9-10H2,1H3/b6-4+,8-7+/t11-,12+,13-,14+/m0/s1. The van der Waals surface area contributed by atoms with E-state index in [4.69, 9.17) is 4.74 Å². The van der Waals surface area contributed by atoms with Crippen molar-refractivity contribution in [3.05, 3.63) is 24.3 Å². The van der Waals surface area contributed by atoms with Gasteiger partial charge < -0.3 is 9.84 Å². The number of aliphatic hydroxyl groups is 1. The molecule has 4 atom stereocenters. The van der Waals surface area contributed by atoms with Crippen LogP contribution in [0, 0.1) is 11.8 Å². The van der Waals surface area contributed by atoms with Gasteiger partial charge in [0.1, 0.15) is 0 Å². The first-order chi connectivity index (χ1) is 9.56. The van der Waals surface area contributed by atoms with E-state index in [2.05, 4.69) is 12.2 Å². The Morgan fingerprint density at radius 2 is 2.05 bits per heavy atom. The predicted molar refractivity (Wildman–Crippen MR) is 74.9 cm³/mol. The van der Waals surface area contributed by atoms with Crippen molar-refractivity contribution in [3.8, 4) is 0 Å². The molecule has 4 heteroatoms. The van der Waals surface area contributed by atoms with Crippen LogP contribution < -0.4 is 0 Å². The van der Waals surface area contributed by atoms with Gasteiger partial charge in [-0.15, -0.1) is 0 Å². The lowest BCUT2D eigenvalue weighted by Gasteiger charge is -2.12. The summed E-state index contributed by atoms with van der Waals surface area (Å²) < 4.78 is 5.19. The molecule has 0 aromatic rings. The molecule has 2 rings (SSSR count). The van der Waals surface area contributed by atoms with Gasteiger partial charge in [0.2, 0.25) is 0 Å². The zero-order valence-corrected chi connectivity index (χ0v) is 11.8. The molecule has 4 nitrogen and oxygen atoms in total. The van der Waals surface area contributed by atoms with Crippen molar-refractivity contribution in [2.24, 2.45) is 11.8 Å². The Kier molecular flexibility index (Phi) is 5.12. The largest absolute Gasteiger partial charge is 0.460 e. The van der Waals surface area contributed by atoms with Gasteiger partial charge in [-0.25, -0.2) is 4.79 Å². The predicted octanol–water partition coefficient (Wildman–Crippen LogP) is 2.17. The van der Waals surface area contributed by atoms with Crippen LogP contribution in [0.3, 0.4) is 0 Å². The minimum Gasteiger partial charge on any atom is -0.460 e. The summed E-state index contributed by atoms with van der Waals surface area (Å²) in [6.07, 6.45) is 9.87. The van der Waals surface area contributed by atoms with E-state index in [1.165, 1.54) is 12.2 Å². The maximum Gasteiger partial charge on any atom is 0.331 e. The highest BCUT2D eigenvalue weighted by Crippen LogP contribution is 2.34. The molecule has 110 valence electrons. The fourth-order valence-electron chi connectivity index (χ4n) is 2.95. The summed E-state index contributed by atoms with van der Waals surface area (Å²) in [7, 11) is 0. The number of ketones is 1. The summed E-state index contributed by atoms with van der Waals surface area (Å²) in [4.78, 5) is 23.7. The van der Waals surface area contributed by atoms with Crippen molar-refractivity contribution < 1.29 is 19.4 Å². The molecule has 0 aromatic heterocycles. The minimum atomic E-state index is -0.465. The van der Waals surface area contributed by atoms with Crippen LogP contribution >= 0.6 is 0 Å². The monoisotopic (exact) mass is 278 g/mol. The Bertz CT molecular complexity index is 424. The number of carbonyl (C=O) groups is 2. The van der Waals surface area contributed by atoms with Gasteiger partial charge >= 0.3 is 5.97 Å². The number of cyclic esters (lactones) is 1. The van der Waals surface area contributed by atoms with E-state index in [1.807, 2.05) is 6.92 Å². The van der Waals surface area contributed by atoms with Crippen LogP contribution in [0.5, 0.6) is 0 Å². The first-order valence-corrected chi connectivity index (χ1v) is 7.33. The van der Waals surface area contributed by atoms with Gasteiger partial charge in [0.25, 0.3) is 0 Å². The van der Waals surface area contributed by atoms with Crippen LogP contribution in [-0.2, 0) is 14.3 Å². The van der Waals surface area contributed by atoms with Crippen molar-refractivity contribution in [2.75, 3.05) is 0 Å². The van der Waals surface area contributed by atoms with E-state index in [9.17, 15) is 14.7 Å². The Hall–Kier alpha value is -1.42. The van der Waals surface area contributed by atoms with E-state index in [-0.39, 0.29) is 23.7 Å². The normalized spacial score (nSPS) is 38.9. The van der Waals surface area contributed by atoms with Crippen molar-refractivity contribution in [1.29, 1.82) is 0 Å². The van der Waals surface area contributed by atoms with E-state index in [0.717, 1.165) is 19.3 Å². The van der Waals surface area contributed by atoms with Gasteiger partial charge in [-0.3, -0.25) is 4.79 Å². The minimum absolute atomic E-state index is 0.0800. The SMILES string of the molecule is C[C@H]1CCC/C=C/[C@@H]2C[C@H](O)C[C@H]2C(=O)/C=C/C(=O)O1. The Balaban J connectivity index is 2.13. The average Bonchev–Trinajstić information content (AvgIpc) is 2.76. The van der Waals surface area contributed by atoms with Gasteiger partial charge in [0, 0.05) is 12.0 Å². The molecule has 0 saturated heterocycles. The summed E-state index contributed by atoms with van der Waals surface area (Å²) in [6, 6.07) is 0. The van der Waals surface area contributed by atoms with E-state index in [0.29, 0.717) is 12.8 Å². The number of hydrogen-bond acceptors (Lipinski definition) is 4. The fourth-order valence-corrected chi connectivity index (χ4v) is 2.95. The second-order valence-corrected chi connectivity index (χ2v) is 5.74. The van der Waals surface area contributed by atoms with E-state index >= 15 is 0 Å². The van der Waals surface area contributed by atoms with Crippen LogP contribution in [0.25, 0.3) is 0 Å². The molecule has 1 heterocycles. The van der Waals surface area contributed by atoms with Gasteiger partial charge in [0.05, 0.1) is 12.2 Å². The van der Waals surface area contributed by atoms with Crippen molar-refractivity contribution in [3.63, 3.8) is 0 Å². The second-order valence-electron chi connectivity index (χ2n) is 5.74. The summed E-state index contributed by atoms with van der Waals surface area (Å²) in [6.45, 7) is 1.86. The molecular formula is C16H22O4. The summed E-state index contributed by atoms with van der Waals surface area (Å²) >= 11 is 0. The van der Waals surface area contributed by atoms with Crippen LogP contribution in [0.2, 0.25) is 0 Å². The van der Waals surface area contributed by atoms with Crippen LogP contribution in [0.4, 0.5) is 0 Å². The zero-order valence-electron chi connectivity index (χ0n) is 11.8. The summed E-state index contributed by atoms with van der Waals surface area (Å²) in [5.74, 6) is -0.701. The Morgan fingerprint density at radius 1 is 1.25 bits per heavy atom. The third-order valence-corrected chi connectivity index (χ3v) is 4.02. The lowest BCUT2D eigenvalue weighted by Crippen LogP contribution is -2.17. The summed E-state index contributed by atoms with van der Waals surface area (Å²) in [5.41, 5.74) is 0. The molecular weight excluding hydrogens is 256 g/mol. The van der Waals surface area contributed by atoms with Gasteiger partial charge in [-0.05, 0) is 51.0 Å². The lowest BCUT2D eigenvalue weighted by atomic mass is 9.91. The molecule has 1 aliphatic carbocycles. The number of fused-ring (bicyclic) bond motifs is 1. The smallest absolute Gasteiger partial charge is 0.331 e. The van der Waals surface area contributed by atoms with Gasteiger partial charge in [-0.2, -0.15) is 0 Å². The average molecular weight is 278 g/mol. The lowest BCUT2D eigenvalue weighted by molar-refractivity contribution is -0.142.